The maximum absolute atomic E-state index is 12.7. The molecule has 0 aliphatic heterocycles. The standard InChI is InChI=1S/C14H16ClF3N4O2/c1-13(2,14(16,17)18)7-24-9(19)5-6-21-10-4-3-8(12(20)23)11(15)22-10/h3-6H,7,19H2,1-2H3,(H2,20,23). The van der Waals surface area contributed by atoms with Crippen molar-refractivity contribution in [1.82, 2.24) is 4.98 Å². The summed E-state index contributed by atoms with van der Waals surface area (Å²) in [5.41, 5.74) is 8.54. The van der Waals surface area contributed by atoms with E-state index in [-0.39, 0.29) is 22.4 Å². The van der Waals surface area contributed by atoms with Gasteiger partial charge in [-0.3, -0.25) is 4.79 Å². The molecule has 0 aliphatic carbocycles. The third-order valence-corrected chi connectivity index (χ3v) is 3.20. The molecule has 0 atom stereocenters. The summed E-state index contributed by atoms with van der Waals surface area (Å²) in [4.78, 5) is 18.7. The Morgan fingerprint density at radius 2 is 2.00 bits per heavy atom. The Bertz CT molecular complexity index is 672. The van der Waals surface area contributed by atoms with Gasteiger partial charge in [0.1, 0.15) is 11.8 Å². The molecule has 1 aromatic heterocycles. The van der Waals surface area contributed by atoms with Crippen LogP contribution < -0.4 is 11.5 Å². The van der Waals surface area contributed by atoms with Crippen molar-refractivity contribution in [3.63, 3.8) is 0 Å². The van der Waals surface area contributed by atoms with Crippen LogP contribution in [0.5, 0.6) is 0 Å². The number of nitrogens with two attached hydrogens (primary N) is 2. The number of pyridine rings is 1. The molecule has 0 aliphatic rings. The van der Waals surface area contributed by atoms with Crippen LogP contribution in [0.4, 0.5) is 19.0 Å². The van der Waals surface area contributed by atoms with Gasteiger partial charge in [0.25, 0.3) is 5.91 Å². The molecule has 0 fully saturated rings. The van der Waals surface area contributed by atoms with Gasteiger partial charge >= 0.3 is 6.18 Å². The number of carbonyl (C=O) groups is 1. The predicted molar refractivity (Wildman–Crippen MR) is 84.0 cm³/mol. The number of alkyl halides is 3. The minimum Gasteiger partial charge on any atom is -0.478 e. The lowest BCUT2D eigenvalue weighted by molar-refractivity contribution is -0.223. The number of halogens is 4. The van der Waals surface area contributed by atoms with Crippen LogP contribution in [-0.2, 0) is 4.74 Å². The van der Waals surface area contributed by atoms with Gasteiger partial charge < -0.3 is 16.2 Å². The zero-order valence-corrected chi connectivity index (χ0v) is 13.6. The Balaban J connectivity index is 2.70. The van der Waals surface area contributed by atoms with Gasteiger partial charge in [-0.15, -0.1) is 0 Å². The Morgan fingerprint density at radius 3 is 2.50 bits per heavy atom. The van der Waals surface area contributed by atoms with E-state index >= 15 is 0 Å². The highest BCUT2D eigenvalue weighted by atomic mass is 35.5. The van der Waals surface area contributed by atoms with E-state index in [1.807, 2.05) is 0 Å². The summed E-state index contributed by atoms with van der Waals surface area (Å²) in [7, 11) is 0. The maximum atomic E-state index is 12.7. The molecule has 6 nitrogen and oxygen atoms in total. The Labute approximate surface area is 141 Å². The summed E-state index contributed by atoms with van der Waals surface area (Å²) in [6, 6.07) is 2.74. The minimum atomic E-state index is -4.41. The van der Waals surface area contributed by atoms with Crippen molar-refractivity contribution in [2.24, 2.45) is 21.9 Å². The first-order chi connectivity index (χ1) is 10.9. The fourth-order valence-corrected chi connectivity index (χ4v) is 1.50. The first-order valence-electron chi connectivity index (χ1n) is 6.60. The van der Waals surface area contributed by atoms with E-state index in [9.17, 15) is 18.0 Å². The molecule has 132 valence electrons. The molecule has 0 spiro atoms. The Hall–Kier alpha value is -2.29. The first kappa shape index (κ1) is 19.8. The number of carbonyl (C=O) groups excluding carboxylic acids is 1. The third kappa shape index (κ3) is 5.41. The van der Waals surface area contributed by atoms with Crippen molar-refractivity contribution in [3.05, 3.63) is 34.8 Å². The summed E-state index contributed by atoms with van der Waals surface area (Å²) >= 11 is 5.75. The average Bonchev–Trinajstić information content (AvgIpc) is 2.43. The summed E-state index contributed by atoms with van der Waals surface area (Å²) in [5, 5.41) is -0.114. The second-order valence-corrected chi connectivity index (χ2v) is 5.75. The summed E-state index contributed by atoms with van der Waals surface area (Å²) in [6.45, 7) is 1.37. The molecule has 24 heavy (non-hydrogen) atoms. The van der Waals surface area contributed by atoms with Crippen molar-refractivity contribution >= 4 is 29.5 Å². The van der Waals surface area contributed by atoms with Crippen molar-refractivity contribution in [1.29, 1.82) is 0 Å². The van der Waals surface area contributed by atoms with E-state index in [2.05, 4.69) is 9.98 Å². The lowest BCUT2D eigenvalue weighted by Gasteiger charge is -2.27. The van der Waals surface area contributed by atoms with Gasteiger partial charge in [0.05, 0.1) is 11.0 Å². The van der Waals surface area contributed by atoms with Gasteiger partial charge in [-0.2, -0.15) is 13.2 Å². The molecule has 0 saturated heterocycles. The van der Waals surface area contributed by atoms with Gasteiger partial charge in [0.2, 0.25) is 0 Å². The van der Waals surface area contributed by atoms with Crippen molar-refractivity contribution in [2.75, 3.05) is 6.61 Å². The fourth-order valence-electron chi connectivity index (χ4n) is 1.26. The fraction of sp³-hybridized carbons (Fsp3) is 0.357. The van der Waals surface area contributed by atoms with Gasteiger partial charge in [0, 0.05) is 12.3 Å². The molecular weight excluding hydrogens is 349 g/mol. The molecule has 4 N–H and O–H groups in total. The topological polar surface area (TPSA) is 104 Å². The van der Waals surface area contributed by atoms with Crippen molar-refractivity contribution in [2.45, 2.75) is 20.0 Å². The number of hydrogen-bond donors (Lipinski definition) is 2. The molecule has 1 heterocycles. The summed E-state index contributed by atoms with van der Waals surface area (Å²) < 4.78 is 42.9. The number of allylic oxidation sites excluding steroid dienone is 1. The number of rotatable bonds is 6. The second-order valence-electron chi connectivity index (χ2n) is 5.39. The van der Waals surface area contributed by atoms with E-state index in [4.69, 9.17) is 27.8 Å². The van der Waals surface area contributed by atoms with Crippen LogP contribution in [0.2, 0.25) is 5.15 Å². The zero-order valence-electron chi connectivity index (χ0n) is 12.9. The molecule has 1 aromatic rings. The molecule has 0 aromatic carbocycles. The number of aromatic nitrogens is 1. The van der Waals surface area contributed by atoms with Crippen LogP contribution in [0.15, 0.2) is 29.1 Å². The van der Waals surface area contributed by atoms with Gasteiger partial charge in [0.15, 0.2) is 11.7 Å². The molecular formula is C14H16ClF3N4O2. The SMILES string of the molecule is CC(C)(COC(N)=CC=Nc1ccc(C(N)=O)c(Cl)n1)C(F)(F)F. The first-order valence-corrected chi connectivity index (χ1v) is 6.97. The van der Waals surface area contributed by atoms with Crippen LogP contribution in [0.1, 0.15) is 24.2 Å². The van der Waals surface area contributed by atoms with Crippen molar-refractivity contribution in [3.8, 4) is 0 Å². The van der Waals surface area contributed by atoms with E-state index in [1.165, 1.54) is 24.4 Å². The van der Waals surface area contributed by atoms with Gasteiger partial charge in [-0.1, -0.05) is 11.6 Å². The number of hydrogen-bond acceptors (Lipinski definition) is 5. The van der Waals surface area contributed by atoms with Crippen LogP contribution >= 0.6 is 11.6 Å². The lowest BCUT2D eigenvalue weighted by Crippen LogP contribution is -2.36. The molecule has 0 bridgehead atoms. The number of ether oxygens (including phenoxy) is 1. The molecule has 1 amide bonds. The molecule has 0 radical (unpaired) electrons. The third-order valence-electron chi connectivity index (χ3n) is 2.91. The van der Waals surface area contributed by atoms with Crippen LogP contribution in [0, 0.1) is 5.41 Å². The second kappa shape index (κ2) is 7.52. The van der Waals surface area contributed by atoms with Crippen LogP contribution in [0.3, 0.4) is 0 Å². The maximum Gasteiger partial charge on any atom is 0.397 e. The van der Waals surface area contributed by atoms with Crippen LogP contribution in [-0.4, -0.2) is 29.9 Å². The van der Waals surface area contributed by atoms with E-state index in [0.29, 0.717) is 0 Å². The number of aliphatic imine (C=N–C) groups is 1. The summed E-state index contributed by atoms with van der Waals surface area (Å²) in [6.07, 6.45) is -2.06. The predicted octanol–water partition coefficient (Wildman–Crippen LogP) is 2.94. The number of primary amides is 1. The van der Waals surface area contributed by atoms with Crippen molar-refractivity contribution < 1.29 is 22.7 Å². The largest absolute Gasteiger partial charge is 0.478 e. The highest BCUT2D eigenvalue weighted by Gasteiger charge is 2.48. The minimum absolute atomic E-state index is 0.0448. The molecule has 0 saturated carbocycles. The van der Waals surface area contributed by atoms with Gasteiger partial charge in [-0.25, -0.2) is 9.98 Å². The molecule has 0 unspecified atom stereocenters. The molecule has 1 rings (SSSR count). The average molecular weight is 365 g/mol. The van der Waals surface area contributed by atoms with E-state index in [1.54, 1.807) is 0 Å². The van der Waals surface area contributed by atoms with E-state index < -0.39 is 24.1 Å². The van der Waals surface area contributed by atoms with E-state index in [0.717, 1.165) is 13.8 Å². The normalized spacial score (nSPS) is 13.3. The monoisotopic (exact) mass is 364 g/mol. The Morgan fingerprint density at radius 1 is 1.38 bits per heavy atom. The number of amides is 1. The van der Waals surface area contributed by atoms with Gasteiger partial charge in [-0.05, 0) is 26.0 Å². The van der Waals surface area contributed by atoms with Crippen LogP contribution in [0.25, 0.3) is 0 Å². The Kier molecular flexibility index (Phi) is 6.19. The smallest absolute Gasteiger partial charge is 0.397 e. The molecule has 10 heteroatoms. The lowest BCUT2D eigenvalue weighted by atomic mass is 9.94. The summed E-state index contributed by atoms with van der Waals surface area (Å²) in [5.74, 6) is -0.812. The quantitative estimate of drug-likeness (QED) is 0.460. The number of nitrogens with zero attached hydrogens (tertiary/aromatic N) is 2. The zero-order chi connectivity index (χ0) is 18.5. The highest BCUT2D eigenvalue weighted by molar-refractivity contribution is 6.32. The highest BCUT2D eigenvalue weighted by Crippen LogP contribution is 2.37.